The number of thioether (sulfide) groups is 1. The quantitative estimate of drug-likeness (QED) is 0.598. The van der Waals surface area contributed by atoms with Gasteiger partial charge in [-0.3, -0.25) is 4.90 Å². The van der Waals surface area contributed by atoms with E-state index >= 15 is 0 Å². The molecule has 2 aromatic carbocycles. The Kier molecular flexibility index (Phi) is 6.24. The van der Waals surface area contributed by atoms with Crippen molar-refractivity contribution in [2.45, 2.75) is 81.2 Å². The molecule has 1 fully saturated rings. The average Bonchev–Trinajstić information content (AvgIpc) is 3.33. The van der Waals surface area contributed by atoms with Gasteiger partial charge in [-0.25, -0.2) is 0 Å². The SMILES string of the molecule is CCC1(CC)Oc2ccc(C3CCC(CCc4ccc(C)cc4)N3CO)cc2S1. The third-order valence-electron chi connectivity index (χ3n) is 6.71. The van der Waals surface area contributed by atoms with Crippen molar-refractivity contribution in [2.24, 2.45) is 0 Å². The molecule has 4 rings (SSSR count). The molecule has 0 aromatic heterocycles. The smallest absolute Gasteiger partial charge is 0.158 e. The van der Waals surface area contributed by atoms with E-state index in [1.54, 1.807) is 0 Å². The maximum atomic E-state index is 10.2. The van der Waals surface area contributed by atoms with Gasteiger partial charge < -0.3 is 9.84 Å². The second kappa shape index (κ2) is 8.71. The minimum absolute atomic E-state index is 0.107. The molecule has 0 amide bonds. The van der Waals surface area contributed by atoms with Gasteiger partial charge >= 0.3 is 0 Å². The highest BCUT2D eigenvalue weighted by molar-refractivity contribution is 8.00. The molecule has 2 aliphatic heterocycles. The molecule has 1 N–H and O–H groups in total. The molecular formula is C25H33NO2S. The molecule has 0 aliphatic carbocycles. The van der Waals surface area contributed by atoms with E-state index in [-0.39, 0.29) is 11.7 Å². The Balaban J connectivity index is 1.45. The first-order chi connectivity index (χ1) is 14.1. The number of aliphatic hydroxyl groups is 1. The number of benzene rings is 2. The summed E-state index contributed by atoms with van der Waals surface area (Å²) in [5.41, 5.74) is 4.01. The highest BCUT2D eigenvalue weighted by atomic mass is 32.2. The van der Waals surface area contributed by atoms with E-state index in [0.717, 1.165) is 44.3 Å². The van der Waals surface area contributed by atoms with E-state index in [1.807, 2.05) is 11.8 Å². The highest BCUT2D eigenvalue weighted by Gasteiger charge is 2.39. The molecule has 29 heavy (non-hydrogen) atoms. The normalized spacial score (nSPS) is 23.2. The Morgan fingerprint density at radius 3 is 2.55 bits per heavy atom. The summed E-state index contributed by atoms with van der Waals surface area (Å²) in [6.07, 6.45) is 6.42. The van der Waals surface area contributed by atoms with Gasteiger partial charge in [-0.2, -0.15) is 0 Å². The topological polar surface area (TPSA) is 32.7 Å². The van der Waals surface area contributed by atoms with Crippen LogP contribution in [0.3, 0.4) is 0 Å². The minimum Gasteiger partial charge on any atom is -0.475 e. The number of fused-ring (bicyclic) bond motifs is 1. The molecule has 2 unspecified atom stereocenters. The Hall–Kier alpha value is -1.49. The number of ether oxygens (including phenoxy) is 1. The summed E-state index contributed by atoms with van der Waals surface area (Å²) in [4.78, 5) is 3.44. The van der Waals surface area contributed by atoms with Crippen LogP contribution in [0.15, 0.2) is 47.4 Å². The van der Waals surface area contributed by atoms with Crippen LogP contribution in [-0.2, 0) is 6.42 Å². The number of hydrogen-bond acceptors (Lipinski definition) is 4. The Morgan fingerprint density at radius 1 is 1.10 bits per heavy atom. The minimum atomic E-state index is -0.107. The maximum Gasteiger partial charge on any atom is 0.158 e. The van der Waals surface area contributed by atoms with Crippen LogP contribution in [0.1, 0.15) is 68.7 Å². The molecule has 0 radical (unpaired) electrons. The van der Waals surface area contributed by atoms with Crippen molar-refractivity contribution in [3.8, 4) is 5.75 Å². The zero-order valence-corrected chi connectivity index (χ0v) is 18.7. The lowest BCUT2D eigenvalue weighted by Crippen LogP contribution is -2.32. The number of hydrogen-bond donors (Lipinski definition) is 1. The lowest BCUT2D eigenvalue weighted by Gasteiger charge is -2.28. The summed E-state index contributed by atoms with van der Waals surface area (Å²) in [6, 6.07) is 16.2. The standard InChI is InChI=1S/C25H33NO2S/c1-4-25(5-2)28-23-15-11-20(16-24(23)29-25)22-14-13-21(26(22)17-27)12-10-19-8-6-18(3)7-9-19/h6-9,11,15-16,21-22,27H,4-5,10,12-14,17H2,1-3H3. The Morgan fingerprint density at radius 2 is 1.86 bits per heavy atom. The molecule has 4 heteroatoms. The lowest BCUT2D eigenvalue weighted by molar-refractivity contribution is 0.0596. The van der Waals surface area contributed by atoms with Gasteiger partial charge in [0, 0.05) is 12.1 Å². The first-order valence-corrected chi connectivity index (χ1v) is 11.8. The van der Waals surface area contributed by atoms with Crippen molar-refractivity contribution in [2.75, 3.05) is 6.73 Å². The van der Waals surface area contributed by atoms with Crippen LogP contribution in [0, 0.1) is 6.92 Å². The van der Waals surface area contributed by atoms with Crippen LogP contribution in [0.2, 0.25) is 0 Å². The van der Waals surface area contributed by atoms with Gasteiger partial charge in [-0.1, -0.05) is 61.5 Å². The van der Waals surface area contributed by atoms with Crippen molar-refractivity contribution in [1.29, 1.82) is 0 Å². The van der Waals surface area contributed by atoms with E-state index in [1.165, 1.54) is 21.6 Å². The molecule has 1 saturated heterocycles. The van der Waals surface area contributed by atoms with Gasteiger partial charge in [0.25, 0.3) is 0 Å². The van der Waals surface area contributed by atoms with E-state index in [4.69, 9.17) is 4.74 Å². The fourth-order valence-electron chi connectivity index (χ4n) is 4.76. The van der Waals surface area contributed by atoms with Crippen LogP contribution in [0.25, 0.3) is 0 Å². The van der Waals surface area contributed by atoms with Crippen LogP contribution < -0.4 is 4.74 Å². The van der Waals surface area contributed by atoms with Crippen molar-refractivity contribution < 1.29 is 9.84 Å². The van der Waals surface area contributed by atoms with Gasteiger partial charge in [0.2, 0.25) is 0 Å². The van der Waals surface area contributed by atoms with Crippen molar-refractivity contribution in [3.05, 3.63) is 59.2 Å². The van der Waals surface area contributed by atoms with Crippen molar-refractivity contribution in [3.63, 3.8) is 0 Å². The summed E-state index contributed by atoms with van der Waals surface area (Å²) < 4.78 is 6.28. The van der Waals surface area contributed by atoms with Gasteiger partial charge in [-0.15, -0.1) is 0 Å². The van der Waals surface area contributed by atoms with Crippen molar-refractivity contribution >= 4 is 11.8 Å². The summed E-state index contributed by atoms with van der Waals surface area (Å²) in [6.45, 7) is 6.65. The van der Waals surface area contributed by atoms with Crippen LogP contribution >= 0.6 is 11.8 Å². The molecule has 0 bridgehead atoms. The van der Waals surface area contributed by atoms with Crippen LogP contribution in [-0.4, -0.2) is 27.7 Å². The molecule has 3 nitrogen and oxygen atoms in total. The van der Waals surface area contributed by atoms with Crippen LogP contribution in [0.4, 0.5) is 0 Å². The van der Waals surface area contributed by atoms with Crippen LogP contribution in [0.5, 0.6) is 5.75 Å². The van der Waals surface area contributed by atoms with Gasteiger partial charge in [0.1, 0.15) is 5.75 Å². The molecule has 0 spiro atoms. The zero-order chi connectivity index (χ0) is 20.4. The maximum absolute atomic E-state index is 10.2. The number of aryl methyl sites for hydroxylation is 2. The molecule has 2 atom stereocenters. The summed E-state index contributed by atoms with van der Waals surface area (Å²) in [7, 11) is 0. The fourth-order valence-corrected chi connectivity index (χ4v) is 5.99. The highest BCUT2D eigenvalue weighted by Crippen LogP contribution is 2.52. The average molecular weight is 412 g/mol. The Bertz CT molecular complexity index is 831. The first kappa shape index (κ1) is 20.8. The number of rotatable bonds is 7. The van der Waals surface area contributed by atoms with E-state index < -0.39 is 0 Å². The molecule has 0 saturated carbocycles. The van der Waals surface area contributed by atoms with Gasteiger partial charge in [0.05, 0.1) is 11.6 Å². The summed E-state index contributed by atoms with van der Waals surface area (Å²) >= 11 is 1.87. The molecule has 2 aliphatic rings. The predicted octanol–water partition coefficient (Wildman–Crippen LogP) is 6.08. The monoisotopic (exact) mass is 411 g/mol. The second-order valence-electron chi connectivity index (χ2n) is 8.45. The van der Waals surface area contributed by atoms with Gasteiger partial charge in [0.15, 0.2) is 4.93 Å². The summed E-state index contributed by atoms with van der Waals surface area (Å²) in [5, 5.41) is 10.2. The molecule has 2 heterocycles. The van der Waals surface area contributed by atoms with E-state index in [9.17, 15) is 5.11 Å². The third kappa shape index (κ3) is 4.21. The van der Waals surface area contributed by atoms with Gasteiger partial charge in [-0.05, 0) is 68.7 Å². The van der Waals surface area contributed by atoms with E-state index in [0.29, 0.717) is 12.1 Å². The molecule has 2 aromatic rings. The fraction of sp³-hybridized carbons (Fsp3) is 0.520. The lowest BCUT2D eigenvalue weighted by atomic mass is 10.0. The first-order valence-electron chi connectivity index (χ1n) is 11.0. The largest absolute Gasteiger partial charge is 0.475 e. The number of nitrogens with zero attached hydrogens (tertiary/aromatic N) is 1. The molecule has 156 valence electrons. The molecular weight excluding hydrogens is 378 g/mol. The number of likely N-dealkylation sites (tertiary alicyclic amines) is 1. The van der Waals surface area contributed by atoms with Crippen molar-refractivity contribution in [1.82, 2.24) is 4.90 Å². The third-order valence-corrected chi connectivity index (χ3v) is 8.29. The number of aliphatic hydroxyl groups excluding tert-OH is 1. The second-order valence-corrected chi connectivity index (χ2v) is 9.84. The predicted molar refractivity (Wildman–Crippen MR) is 120 cm³/mol. The Labute approximate surface area is 179 Å². The summed E-state index contributed by atoms with van der Waals surface area (Å²) in [5.74, 6) is 1.02. The zero-order valence-electron chi connectivity index (χ0n) is 17.9. The van der Waals surface area contributed by atoms with E-state index in [2.05, 4.69) is 68.1 Å².